The van der Waals surface area contributed by atoms with Gasteiger partial charge in [-0.15, -0.1) is 0 Å². The summed E-state index contributed by atoms with van der Waals surface area (Å²) in [5.74, 6) is 0.300. The first-order valence-corrected chi connectivity index (χ1v) is 10.5. The third-order valence-electron chi connectivity index (χ3n) is 5.05. The molecule has 2 atom stereocenters. The summed E-state index contributed by atoms with van der Waals surface area (Å²) in [7, 11) is -3.69. The molecule has 0 spiro atoms. The van der Waals surface area contributed by atoms with E-state index in [9.17, 15) is 8.42 Å². The third kappa shape index (κ3) is 4.93. The molecule has 1 aliphatic rings. The van der Waals surface area contributed by atoms with E-state index in [-0.39, 0.29) is 11.0 Å². The van der Waals surface area contributed by atoms with E-state index in [1.165, 1.54) is 5.56 Å². The Balaban J connectivity index is 1.67. The van der Waals surface area contributed by atoms with Crippen molar-refractivity contribution in [3.8, 4) is 0 Å². The largest absolute Gasteiger partial charge is 0.297 e. The molecule has 1 saturated carbocycles. The van der Waals surface area contributed by atoms with E-state index in [0.29, 0.717) is 5.92 Å². The first kappa shape index (κ1) is 18.2. The number of aryl methyl sites for hydroxylation is 2. The van der Waals surface area contributed by atoms with Crippen LogP contribution in [0, 0.1) is 12.8 Å². The lowest BCUT2D eigenvalue weighted by Gasteiger charge is -2.31. The van der Waals surface area contributed by atoms with Gasteiger partial charge in [0.15, 0.2) is 0 Å². The van der Waals surface area contributed by atoms with Crippen LogP contribution in [0.25, 0.3) is 0 Å². The summed E-state index contributed by atoms with van der Waals surface area (Å²) >= 11 is 0. The lowest BCUT2D eigenvalue weighted by Crippen LogP contribution is -2.30. The van der Waals surface area contributed by atoms with Crippen molar-refractivity contribution in [2.75, 3.05) is 0 Å². The van der Waals surface area contributed by atoms with Crippen LogP contribution < -0.4 is 0 Å². The number of benzene rings is 2. The van der Waals surface area contributed by atoms with E-state index < -0.39 is 10.1 Å². The number of hydrogen-bond donors (Lipinski definition) is 0. The maximum absolute atomic E-state index is 12.6. The summed E-state index contributed by atoms with van der Waals surface area (Å²) in [6, 6.07) is 17.2. The summed E-state index contributed by atoms with van der Waals surface area (Å²) in [4.78, 5) is 0.255. The Kier molecular flexibility index (Phi) is 5.92. The van der Waals surface area contributed by atoms with Crippen molar-refractivity contribution < 1.29 is 12.6 Å². The molecule has 1 fully saturated rings. The zero-order valence-corrected chi connectivity index (χ0v) is 15.5. The summed E-state index contributed by atoms with van der Waals surface area (Å²) < 4.78 is 30.9. The molecular weight excluding hydrogens is 332 g/mol. The van der Waals surface area contributed by atoms with Crippen molar-refractivity contribution in [1.82, 2.24) is 0 Å². The monoisotopic (exact) mass is 358 g/mol. The van der Waals surface area contributed by atoms with E-state index >= 15 is 0 Å². The third-order valence-corrected chi connectivity index (χ3v) is 6.40. The molecule has 0 bridgehead atoms. The highest BCUT2D eigenvalue weighted by molar-refractivity contribution is 7.86. The molecule has 0 amide bonds. The SMILES string of the molecule is Cc1ccc(S(=O)(=O)O[C@H]2CCCC[C@H]2CCc2ccccc2)cc1. The molecule has 0 unspecified atom stereocenters. The van der Waals surface area contributed by atoms with Gasteiger partial charge in [-0.1, -0.05) is 60.9 Å². The molecule has 0 N–H and O–H groups in total. The van der Waals surface area contributed by atoms with E-state index in [0.717, 1.165) is 44.1 Å². The molecule has 0 heterocycles. The fourth-order valence-corrected chi connectivity index (χ4v) is 4.71. The molecule has 4 heteroatoms. The maximum atomic E-state index is 12.6. The van der Waals surface area contributed by atoms with Crippen molar-refractivity contribution in [3.63, 3.8) is 0 Å². The summed E-state index contributed by atoms with van der Waals surface area (Å²) in [6.45, 7) is 1.94. The number of hydrogen-bond acceptors (Lipinski definition) is 3. The Morgan fingerprint density at radius 3 is 2.36 bits per heavy atom. The van der Waals surface area contributed by atoms with Crippen molar-refractivity contribution in [1.29, 1.82) is 0 Å². The van der Waals surface area contributed by atoms with Crippen LogP contribution in [0.2, 0.25) is 0 Å². The van der Waals surface area contributed by atoms with Crippen LogP contribution >= 0.6 is 0 Å². The van der Waals surface area contributed by atoms with Crippen LogP contribution in [0.4, 0.5) is 0 Å². The smallest absolute Gasteiger partial charge is 0.263 e. The Morgan fingerprint density at radius 1 is 0.960 bits per heavy atom. The quantitative estimate of drug-likeness (QED) is 0.690. The van der Waals surface area contributed by atoms with Gasteiger partial charge < -0.3 is 0 Å². The summed E-state index contributed by atoms with van der Waals surface area (Å²) in [5.41, 5.74) is 2.34. The van der Waals surface area contributed by atoms with Crippen LogP contribution in [-0.2, 0) is 20.7 Å². The lowest BCUT2D eigenvalue weighted by molar-refractivity contribution is 0.0939. The molecule has 3 rings (SSSR count). The first-order chi connectivity index (χ1) is 12.0. The van der Waals surface area contributed by atoms with Gasteiger partial charge in [-0.2, -0.15) is 8.42 Å². The predicted octanol–water partition coefficient (Wildman–Crippen LogP) is 4.89. The van der Waals surface area contributed by atoms with Gasteiger partial charge >= 0.3 is 0 Å². The van der Waals surface area contributed by atoms with E-state index in [4.69, 9.17) is 4.18 Å². The molecule has 3 nitrogen and oxygen atoms in total. The second kappa shape index (κ2) is 8.15. The van der Waals surface area contributed by atoms with Gasteiger partial charge in [0.05, 0.1) is 11.0 Å². The zero-order valence-electron chi connectivity index (χ0n) is 14.7. The highest BCUT2D eigenvalue weighted by Crippen LogP contribution is 2.32. The van der Waals surface area contributed by atoms with Crippen molar-refractivity contribution in [2.45, 2.75) is 56.4 Å². The van der Waals surface area contributed by atoms with Crippen LogP contribution in [-0.4, -0.2) is 14.5 Å². The maximum Gasteiger partial charge on any atom is 0.297 e. The average molecular weight is 359 g/mol. The van der Waals surface area contributed by atoms with Crippen molar-refractivity contribution in [2.24, 2.45) is 5.92 Å². The molecule has 0 aromatic heterocycles. The van der Waals surface area contributed by atoms with Crippen LogP contribution in [0.1, 0.15) is 43.2 Å². The van der Waals surface area contributed by atoms with Crippen LogP contribution in [0.5, 0.6) is 0 Å². The van der Waals surface area contributed by atoms with Crippen LogP contribution in [0.15, 0.2) is 59.5 Å². The van der Waals surface area contributed by atoms with Gasteiger partial charge in [0.2, 0.25) is 0 Å². The molecular formula is C21H26O3S. The predicted molar refractivity (Wildman–Crippen MR) is 100.0 cm³/mol. The molecule has 0 radical (unpaired) electrons. The second-order valence-electron chi connectivity index (χ2n) is 6.97. The zero-order chi connectivity index (χ0) is 17.7. The molecule has 2 aromatic carbocycles. The lowest BCUT2D eigenvalue weighted by atomic mass is 9.83. The summed E-state index contributed by atoms with van der Waals surface area (Å²) in [6.07, 6.45) is 5.79. The highest BCUT2D eigenvalue weighted by atomic mass is 32.2. The fourth-order valence-electron chi connectivity index (χ4n) is 3.55. The Morgan fingerprint density at radius 2 is 1.64 bits per heavy atom. The average Bonchev–Trinajstić information content (AvgIpc) is 2.62. The first-order valence-electron chi connectivity index (χ1n) is 9.08. The standard InChI is InChI=1S/C21H26O3S/c1-17-11-15-20(16-12-17)25(22,23)24-21-10-6-5-9-19(21)14-13-18-7-3-2-4-8-18/h2-4,7-8,11-12,15-16,19,21H,5-6,9-10,13-14H2,1H3/t19-,21-/m0/s1. The van der Waals surface area contributed by atoms with E-state index in [1.807, 2.05) is 37.3 Å². The topological polar surface area (TPSA) is 43.4 Å². The molecule has 134 valence electrons. The minimum Gasteiger partial charge on any atom is -0.263 e. The molecule has 0 aliphatic heterocycles. The number of rotatable bonds is 6. The van der Waals surface area contributed by atoms with Gasteiger partial charge in [-0.3, -0.25) is 4.18 Å². The van der Waals surface area contributed by atoms with Crippen molar-refractivity contribution >= 4 is 10.1 Å². The Hall–Kier alpha value is -1.65. The Bertz CT molecular complexity index is 767. The molecule has 25 heavy (non-hydrogen) atoms. The molecule has 1 aliphatic carbocycles. The molecule has 0 saturated heterocycles. The van der Waals surface area contributed by atoms with Gasteiger partial charge in [0.25, 0.3) is 10.1 Å². The minimum absolute atomic E-state index is 0.205. The minimum atomic E-state index is -3.69. The van der Waals surface area contributed by atoms with E-state index in [2.05, 4.69) is 12.1 Å². The normalized spacial score (nSPS) is 21.2. The molecule has 2 aromatic rings. The second-order valence-corrected chi connectivity index (χ2v) is 8.54. The van der Waals surface area contributed by atoms with Gasteiger partial charge in [0.1, 0.15) is 0 Å². The van der Waals surface area contributed by atoms with Gasteiger partial charge in [-0.05, 0) is 56.2 Å². The van der Waals surface area contributed by atoms with Crippen molar-refractivity contribution in [3.05, 3.63) is 65.7 Å². The van der Waals surface area contributed by atoms with Crippen LogP contribution in [0.3, 0.4) is 0 Å². The Labute approximate surface area is 151 Å². The van der Waals surface area contributed by atoms with Gasteiger partial charge in [0, 0.05) is 0 Å². The van der Waals surface area contributed by atoms with Gasteiger partial charge in [-0.25, -0.2) is 0 Å². The highest BCUT2D eigenvalue weighted by Gasteiger charge is 2.30. The summed E-state index contributed by atoms with van der Waals surface area (Å²) in [5, 5.41) is 0. The fraction of sp³-hybridized carbons (Fsp3) is 0.429. The van der Waals surface area contributed by atoms with E-state index in [1.54, 1.807) is 12.1 Å².